The molecule has 0 aromatic heterocycles. The number of hydrogen-bond acceptors (Lipinski definition) is 4. The normalized spacial score (nSPS) is 25.5. The van der Waals surface area contributed by atoms with Crippen molar-refractivity contribution in [2.24, 2.45) is 5.41 Å². The maximum atomic E-state index is 5.15. The van der Waals surface area contributed by atoms with Crippen LogP contribution in [0.25, 0.3) is 0 Å². The molecular formula is C12H26N2O2. The van der Waals surface area contributed by atoms with E-state index in [2.05, 4.69) is 17.1 Å². The largest absolute Gasteiger partial charge is 0.383 e. The fourth-order valence-electron chi connectivity index (χ4n) is 2.25. The van der Waals surface area contributed by atoms with Gasteiger partial charge in [-0.25, -0.2) is 0 Å². The molecule has 0 bridgehead atoms. The van der Waals surface area contributed by atoms with E-state index >= 15 is 0 Å². The first kappa shape index (κ1) is 13.9. The molecule has 0 aromatic rings. The lowest BCUT2D eigenvalue weighted by atomic mass is 9.89. The van der Waals surface area contributed by atoms with Crippen molar-refractivity contribution in [3.63, 3.8) is 0 Å². The van der Waals surface area contributed by atoms with Gasteiger partial charge >= 0.3 is 0 Å². The molecule has 4 heteroatoms. The van der Waals surface area contributed by atoms with Crippen LogP contribution in [0.3, 0.4) is 0 Å². The first-order valence-electron chi connectivity index (χ1n) is 6.11. The zero-order chi connectivity index (χ0) is 11.9. The van der Waals surface area contributed by atoms with Crippen LogP contribution in [0.15, 0.2) is 0 Å². The molecule has 1 atom stereocenters. The summed E-state index contributed by atoms with van der Waals surface area (Å²) >= 11 is 0. The number of ether oxygens (including phenoxy) is 2. The SMILES string of the molecule is COCCN(CCOC)CC1(C)CCNC1. The van der Waals surface area contributed by atoms with E-state index in [-0.39, 0.29) is 0 Å². The summed E-state index contributed by atoms with van der Waals surface area (Å²) in [4.78, 5) is 2.44. The summed E-state index contributed by atoms with van der Waals surface area (Å²) in [5.74, 6) is 0. The Labute approximate surface area is 99.3 Å². The van der Waals surface area contributed by atoms with Gasteiger partial charge in [-0.2, -0.15) is 0 Å². The summed E-state index contributed by atoms with van der Waals surface area (Å²) in [6.07, 6.45) is 1.27. The van der Waals surface area contributed by atoms with Crippen LogP contribution in [0.4, 0.5) is 0 Å². The molecule has 1 unspecified atom stereocenters. The van der Waals surface area contributed by atoms with Gasteiger partial charge in [-0.05, 0) is 18.4 Å². The van der Waals surface area contributed by atoms with Gasteiger partial charge in [0, 0.05) is 40.4 Å². The number of hydrogen-bond donors (Lipinski definition) is 1. The van der Waals surface area contributed by atoms with Crippen molar-refractivity contribution in [1.82, 2.24) is 10.2 Å². The van der Waals surface area contributed by atoms with Crippen LogP contribution < -0.4 is 5.32 Å². The Balaban J connectivity index is 2.34. The summed E-state index contributed by atoms with van der Waals surface area (Å²) in [5.41, 5.74) is 0.418. The second-order valence-electron chi connectivity index (χ2n) is 5.00. The molecule has 0 aromatic carbocycles. The highest BCUT2D eigenvalue weighted by molar-refractivity contribution is 4.86. The molecule has 0 amide bonds. The molecule has 1 rings (SSSR count). The molecule has 1 fully saturated rings. The third kappa shape index (κ3) is 4.78. The molecule has 0 aliphatic carbocycles. The third-order valence-electron chi connectivity index (χ3n) is 3.29. The Morgan fingerprint density at radius 1 is 1.19 bits per heavy atom. The van der Waals surface area contributed by atoms with Gasteiger partial charge in [0.1, 0.15) is 0 Å². The van der Waals surface area contributed by atoms with Crippen molar-refractivity contribution >= 4 is 0 Å². The predicted octanol–water partition coefficient (Wildman–Crippen LogP) is 0.581. The summed E-state index contributed by atoms with van der Waals surface area (Å²) in [5, 5.41) is 3.44. The van der Waals surface area contributed by atoms with E-state index in [0.717, 1.165) is 45.9 Å². The van der Waals surface area contributed by atoms with Crippen molar-refractivity contribution in [2.45, 2.75) is 13.3 Å². The van der Waals surface area contributed by atoms with Gasteiger partial charge < -0.3 is 14.8 Å². The van der Waals surface area contributed by atoms with Crippen LogP contribution in [-0.2, 0) is 9.47 Å². The third-order valence-corrected chi connectivity index (χ3v) is 3.29. The number of methoxy groups -OCH3 is 2. The summed E-state index contributed by atoms with van der Waals surface area (Å²) in [6, 6.07) is 0. The average molecular weight is 230 g/mol. The maximum Gasteiger partial charge on any atom is 0.0589 e. The van der Waals surface area contributed by atoms with Gasteiger partial charge in [0.15, 0.2) is 0 Å². The lowest BCUT2D eigenvalue weighted by Crippen LogP contribution is -2.40. The van der Waals surface area contributed by atoms with Crippen LogP contribution in [-0.4, -0.2) is 65.1 Å². The molecule has 0 saturated carbocycles. The summed E-state index contributed by atoms with van der Waals surface area (Å²) in [6.45, 7) is 9.36. The fraction of sp³-hybridized carbons (Fsp3) is 1.00. The van der Waals surface area contributed by atoms with E-state index in [1.807, 2.05) is 0 Å². The number of nitrogens with one attached hydrogen (secondary N) is 1. The van der Waals surface area contributed by atoms with Crippen LogP contribution >= 0.6 is 0 Å². The molecule has 16 heavy (non-hydrogen) atoms. The Bertz CT molecular complexity index is 174. The first-order chi connectivity index (χ1) is 7.70. The maximum absolute atomic E-state index is 5.15. The van der Waals surface area contributed by atoms with Gasteiger partial charge in [-0.1, -0.05) is 6.92 Å². The van der Waals surface area contributed by atoms with E-state index < -0.39 is 0 Å². The molecule has 96 valence electrons. The van der Waals surface area contributed by atoms with Crippen molar-refractivity contribution in [3.8, 4) is 0 Å². The van der Waals surface area contributed by atoms with E-state index in [0.29, 0.717) is 5.41 Å². The number of rotatable bonds is 8. The molecular weight excluding hydrogens is 204 g/mol. The molecule has 0 spiro atoms. The molecule has 1 aliphatic rings. The molecule has 0 radical (unpaired) electrons. The van der Waals surface area contributed by atoms with Crippen molar-refractivity contribution in [2.75, 3.05) is 60.2 Å². The van der Waals surface area contributed by atoms with Crippen molar-refractivity contribution < 1.29 is 9.47 Å². The highest BCUT2D eigenvalue weighted by Crippen LogP contribution is 2.25. The fourth-order valence-corrected chi connectivity index (χ4v) is 2.25. The minimum Gasteiger partial charge on any atom is -0.383 e. The Kier molecular flexibility index (Phi) is 6.28. The highest BCUT2D eigenvalue weighted by atomic mass is 16.5. The van der Waals surface area contributed by atoms with Gasteiger partial charge in [-0.3, -0.25) is 4.90 Å². The second-order valence-corrected chi connectivity index (χ2v) is 5.00. The zero-order valence-corrected chi connectivity index (χ0v) is 10.9. The Morgan fingerprint density at radius 2 is 1.81 bits per heavy atom. The molecule has 1 aliphatic heterocycles. The van der Waals surface area contributed by atoms with Gasteiger partial charge in [0.05, 0.1) is 13.2 Å². The molecule has 1 saturated heterocycles. The standard InChI is InChI=1S/C12H26N2O2/c1-12(4-5-13-10-12)11-14(6-8-15-2)7-9-16-3/h13H,4-11H2,1-3H3. The van der Waals surface area contributed by atoms with E-state index in [1.54, 1.807) is 14.2 Å². The summed E-state index contributed by atoms with van der Waals surface area (Å²) in [7, 11) is 3.51. The smallest absolute Gasteiger partial charge is 0.0589 e. The van der Waals surface area contributed by atoms with Crippen molar-refractivity contribution in [3.05, 3.63) is 0 Å². The predicted molar refractivity (Wildman–Crippen MR) is 65.8 cm³/mol. The average Bonchev–Trinajstić information content (AvgIpc) is 2.69. The minimum absolute atomic E-state index is 0.418. The van der Waals surface area contributed by atoms with E-state index in [4.69, 9.17) is 9.47 Å². The number of nitrogens with zero attached hydrogens (tertiary/aromatic N) is 1. The van der Waals surface area contributed by atoms with E-state index in [9.17, 15) is 0 Å². The monoisotopic (exact) mass is 230 g/mol. The van der Waals surface area contributed by atoms with Crippen LogP contribution in [0.1, 0.15) is 13.3 Å². The lowest BCUT2D eigenvalue weighted by molar-refractivity contribution is 0.0889. The lowest BCUT2D eigenvalue weighted by Gasteiger charge is -2.31. The molecule has 1 heterocycles. The van der Waals surface area contributed by atoms with Gasteiger partial charge in [0.2, 0.25) is 0 Å². The van der Waals surface area contributed by atoms with Crippen LogP contribution in [0, 0.1) is 5.41 Å². The second kappa shape index (κ2) is 7.22. The Morgan fingerprint density at radius 3 is 2.25 bits per heavy atom. The highest BCUT2D eigenvalue weighted by Gasteiger charge is 2.30. The quantitative estimate of drug-likeness (QED) is 0.661. The van der Waals surface area contributed by atoms with Gasteiger partial charge in [0.25, 0.3) is 0 Å². The summed E-state index contributed by atoms with van der Waals surface area (Å²) < 4.78 is 10.3. The van der Waals surface area contributed by atoms with Gasteiger partial charge in [-0.15, -0.1) is 0 Å². The first-order valence-corrected chi connectivity index (χ1v) is 6.11. The van der Waals surface area contributed by atoms with E-state index in [1.165, 1.54) is 6.42 Å². The molecule has 4 nitrogen and oxygen atoms in total. The van der Waals surface area contributed by atoms with Crippen LogP contribution in [0.5, 0.6) is 0 Å². The molecule has 1 N–H and O–H groups in total. The van der Waals surface area contributed by atoms with Crippen molar-refractivity contribution in [1.29, 1.82) is 0 Å². The Hall–Kier alpha value is -0.160. The zero-order valence-electron chi connectivity index (χ0n) is 10.9. The van der Waals surface area contributed by atoms with Crippen LogP contribution in [0.2, 0.25) is 0 Å². The topological polar surface area (TPSA) is 33.7 Å². The minimum atomic E-state index is 0.418.